The number of hydrazine groups is 1. The molecule has 1 saturated carbocycles. The van der Waals surface area contributed by atoms with Crippen LogP contribution in [-0.4, -0.2) is 19.3 Å². The first-order chi connectivity index (χ1) is 10.3. The number of hydrogen-bond donors (Lipinski definition) is 2. The Morgan fingerprint density at radius 3 is 2.19 bits per heavy atom. The van der Waals surface area contributed by atoms with Crippen molar-refractivity contribution >= 4 is 0 Å². The fraction of sp³-hybridized carbons (Fsp3) is 1.00. The SMILES string of the molecule is CCCCCCCCCC(NN)C(OC)C1CCCCC1. The standard InChI is InChI=1S/C18H38N2O/c1-3-4-5-6-7-8-12-15-17(20-19)18(21-2)16-13-10-9-11-14-16/h16-18,20H,3-15,19H2,1-2H3. The van der Waals surface area contributed by atoms with Gasteiger partial charge < -0.3 is 4.74 Å². The summed E-state index contributed by atoms with van der Waals surface area (Å²) in [6, 6.07) is 0.328. The molecule has 21 heavy (non-hydrogen) atoms. The lowest BCUT2D eigenvalue weighted by Gasteiger charge is -2.34. The summed E-state index contributed by atoms with van der Waals surface area (Å²) in [4.78, 5) is 0. The Kier molecular flexibility index (Phi) is 11.2. The first kappa shape index (κ1) is 18.9. The van der Waals surface area contributed by atoms with Gasteiger partial charge in [0.15, 0.2) is 0 Å². The van der Waals surface area contributed by atoms with Crippen LogP contribution in [0.1, 0.15) is 90.4 Å². The number of methoxy groups -OCH3 is 1. The van der Waals surface area contributed by atoms with E-state index in [1.807, 2.05) is 7.11 Å². The van der Waals surface area contributed by atoms with E-state index < -0.39 is 0 Å². The molecule has 126 valence electrons. The van der Waals surface area contributed by atoms with Gasteiger partial charge in [0.2, 0.25) is 0 Å². The third-order valence-corrected chi connectivity index (χ3v) is 5.12. The van der Waals surface area contributed by atoms with Gasteiger partial charge in [0.05, 0.1) is 6.10 Å². The molecule has 1 fully saturated rings. The molecule has 0 aromatic heterocycles. The molecule has 0 heterocycles. The van der Waals surface area contributed by atoms with Crippen molar-refractivity contribution in [2.75, 3.05) is 7.11 Å². The first-order valence-electron chi connectivity index (χ1n) is 9.32. The minimum Gasteiger partial charge on any atom is -0.379 e. The first-order valence-corrected chi connectivity index (χ1v) is 9.32. The third-order valence-electron chi connectivity index (χ3n) is 5.12. The summed E-state index contributed by atoms with van der Waals surface area (Å²) in [5.41, 5.74) is 3.04. The van der Waals surface area contributed by atoms with E-state index in [1.54, 1.807) is 0 Å². The van der Waals surface area contributed by atoms with Crippen LogP contribution in [-0.2, 0) is 4.74 Å². The Balaban J connectivity index is 2.21. The van der Waals surface area contributed by atoms with Crippen molar-refractivity contribution in [2.24, 2.45) is 11.8 Å². The summed E-state index contributed by atoms with van der Waals surface area (Å²) in [5.74, 6) is 6.51. The van der Waals surface area contributed by atoms with E-state index in [9.17, 15) is 0 Å². The van der Waals surface area contributed by atoms with Gasteiger partial charge in [0.25, 0.3) is 0 Å². The molecule has 0 spiro atoms. The highest BCUT2D eigenvalue weighted by Crippen LogP contribution is 2.30. The summed E-state index contributed by atoms with van der Waals surface area (Å²) in [7, 11) is 1.86. The highest BCUT2D eigenvalue weighted by Gasteiger charge is 2.29. The van der Waals surface area contributed by atoms with Gasteiger partial charge in [0.1, 0.15) is 0 Å². The molecule has 0 aliphatic heterocycles. The second-order valence-electron chi connectivity index (χ2n) is 6.78. The molecule has 0 aromatic carbocycles. The number of hydrogen-bond acceptors (Lipinski definition) is 3. The Labute approximate surface area is 132 Å². The molecular formula is C18H38N2O. The van der Waals surface area contributed by atoms with E-state index in [2.05, 4.69) is 12.3 Å². The van der Waals surface area contributed by atoms with Crippen LogP contribution in [0.2, 0.25) is 0 Å². The number of ether oxygens (including phenoxy) is 1. The van der Waals surface area contributed by atoms with Crippen LogP contribution < -0.4 is 11.3 Å². The lowest BCUT2D eigenvalue weighted by atomic mass is 9.81. The van der Waals surface area contributed by atoms with Crippen molar-refractivity contribution < 1.29 is 4.74 Å². The van der Waals surface area contributed by atoms with Gasteiger partial charge in [-0.05, 0) is 25.2 Å². The maximum absolute atomic E-state index is 5.81. The zero-order valence-electron chi connectivity index (χ0n) is 14.4. The predicted molar refractivity (Wildman–Crippen MR) is 91.1 cm³/mol. The second kappa shape index (κ2) is 12.4. The molecule has 0 bridgehead atoms. The number of unbranched alkanes of at least 4 members (excludes halogenated alkanes) is 6. The van der Waals surface area contributed by atoms with E-state index >= 15 is 0 Å². The number of nitrogens with two attached hydrogens (primary N) is 1. The summed E-state index contributed by atoms with van der Waals surface area (Å²) in [6.07, 6.45) is 17.7. The van der Waals surface area contributed by atoms with Crippen LogP contribution >= 0.6 is 0 Å². The van der Waals surface area contributed by atoms with Crippen molar-refractivity contribution in [1.82, 2.24) is 5.43 Å². The molecule has 3 N–H and O–H groups in total. The monoisotopic (exact) mass is 298 g/mol. The molecule has 1 aliphatic rings. The normalized spacial score (nSPS) is 19.6. The van der Waals surface area contributed by atoms with Crippen LogP contribution in [0, 0.1) is 5.92 Å². The van der Waals surface area contributed by atoms with Crippen LogP contribution in [0.5, 0.6) is 0 Å². The van der Waals surface area contributed by atoms with E-state index in [4.69, 9.17) is 10.6 Å². The molecule has 2 unspecified atom stereocenters. The van der Waals surface area contributed by atoms with Gasteiger partial charge in [-0.3, -0.25) is 11.3 Å². The molecule has 3 heteroatoms. The summed E-state index contributed by atoms with van der Waals surface area (Å²) in [6.45, 7) is 2.27. The molecular weight excluding hydrogens is 260 g/mol. The molecule has 0 amide bonds. The minimum atomic E-state index is 0.301. The van der Waals surface area contributed by atoms with E-state index in [0.717, 1.165) is 6.42 Å². The van der Waals surface area contributed by atoms with Crippen molar-refractivity contribution in [3.63, 3.8) is 0 Å². The zero-order valence-corrected chi connectivity index (χ0v) is 14.4. The van der Waals surface area contributed by atoms with Gasteiger partial charge >= 0.3 is 0 Å². The lowest BCUT2D eigenvalue weighted by Crippen LogP contribution is -2.48. The minimum absolute atomic E-state index is 0.301. The molecule has 1 aliphatic carbocycles. The Morgan fingerprint density at radius 1 is 1.00 bits per heavy atom. The van der Waals surface area contributed by atoms with Crippen molar-refractivity contribution in [3.8, 4) is 0 Å². The van der Waals surface area contributed by atoms with Crippen LogP contribution in [0.25, 0.3) is 0 Å². The quantitative estimate of drug-likeness (QED) is 0.315. The second-order valence-corrected chi connectivity index (χ2v) is 6.78. The highest BCUT2D eigenvalue weighted by molar-refractivity contribution is 4.83. The van der Waals surface area contributed by atoms with E-state index in [0.29, 0.717) is 18.1 Å². The van der Waals surface area contributed by atoms with Crippen molar-refractivity contribution in [2.45, 2.75) is 103 Å². The highest BCUT2D eigenvalue weighted by atomic mass is 16.5. The fourth-order valence-corrected chi connectivity index (χ4v) is 3.81. The Bertz CT molecular complexity index is 229. The van der Waals surface area contributed by atoms with E-state index in [-0.39, 0.29) is 0 Å². The largest absolute Gasteiger partial charge is 0.379 e. The summed E-state index contributed by atoms with van der Waals surface area (Å²) >= 11 is 0. The zero-order chi connectivity index (χ0) is 15.3. The van der Waals surface area contributed by atoms with E-state index in [1.165, 1.54) is 77.0 Å². The van der Waals surface area contributed by atoms with Crippen molar-refractivity contribution in [3.05, 3.63) is 0 Å². The molecule has 0 aromatic rings. The topological polar surface area (TPSA) is 47.3 Å². The van der Waals surface area contributed by atoms with Gasteiger partial charge in [-0.25, -0.2) is 0 Å². The van der Waals surface area contributed by atoms with Crippen LogP contribution in [0.15, 0.2) is 0 Å². The molecule has 3 nitrogen and oxygen atoms in total. The summed E-state index contributed by atoms with van der Waals surface area (Å²) < 4.78 is 5.81. The predicted octanol–water partition coefficient (Wildman–Crippen LogP) is 4.55. The Hall–Kier alpha value is -0.120. The van der Waals surface area contributed by atoms with Gasteiger partial charge in [-0.15, -0.1) is 0 Å². The average molecular weight is 299 g/mol. The third kappa shape index (κ3) is 7.62. The maximum Gasteiger partial charge on any atom is 0.0765 e. The molecule has 1 rings (SSSR count). The fourth-order valence-electron chi connectivity index (χ4n) is 3.81. The lowest BCUT2D eigenvalue weighted by molar-refractivity contribution is 0.00545. The molecule has 0 saturated heterocycles. The number of nitrogens with one attached hydrogen (secondary N) is 1. The van der Waals surface area contributed by atoms with Gasteiger partial charge in [-0.1, -0.05) is 71.1 Å². The van der Waals surface area contributed by atoms with Crippen LogP contribution in [0.4, 0.5) is 0 Å². The molecule has 2 atom stereocenters. The average Bonchev–Trinajstić information content (AvgIpc) is 2.54. The smallest absolute Gasteiger partial charge is 0.0765 e. The van der Waals surface area contributed by atoms with Gasteiger partial charge in [-0.2, -0.15) is 0 Å². The van der Waals surface area contributed by atoms with Gasteiger partial charge in [0, 0.05) is 13.2 Å². The Morgan fingerprint density at radius 2 is 1.62 bits per heavy atom. The van der Waals surface area contributed by atoms with Crippen LogP contribution in [0.3, 0.4) is 0 Å². The van der Waals surface area contributed by atoms with Crippen molar-refractivity contribution in [1.29, 1.82) is 0 Å². The number of rotatable bonds is 12. The maximum atomic E-state index is 5.81. The summed E-state index contributed by atoms with van der Waals surface area (Å²) in [5, 5.41) is 0. The molecule has 0 radical (unpaired) electrons.